The number of hydrogen-bond donors (Lipinski definition) is 0. The van der Waals surface area contributed by atoms with Crippen molar-refractivity contribution in [3.63, 3.8) is 0 Å². The van der Waals surface area contributed by atoms with Gasteiger partial charge in [0.2, 0.25) is 0 Å². The molecule has 0 aromatic heterocycles. The molecular weight excluding hydrogens is 232 g/mol. The first-order chi connectivity index (χ1) is 2.83. The van der Waals surface area contributed by atoms with Crippen LogP contribution in [0.4, 0.5) is 0 Å². The molecule has 41 valence electrons. The van der Waals surface area contributed by atoms with E-state index in [9.17, 15) is 0 Å². The van der Waals surface area contributed by atoms with E-state index >= 15 is 0 Å². The number of carbonyl (C=O) groups excluding carboxylic acids is 2. The molecule has 0 spiro atoms. The van der Waals surface area contributed by atoms with Gasteiger partial charge in [-0.2, -0.15) is 13.8 Å². The molecule has 0 bridgehead atoms. The Morgan fingerprint density at radius 1 is 1.00 bits per heavy atom. The first kappa shape index (κ1) is 15.7. The van der Waals surface area contributed by atoms with Crippen molar-refractivity contribution >= 4 is 12.6 Å². The summed E-state index contributed by atoms with van der Waals surface area (Å²) in [6, 6.07) is 0. The van der Waals surface area contributed by atoms with Crippen molar-refractivity contribution in [2.45, 2.75) is 13.8 Å². The molecule has 0 saturated carbocycles. The summed E-state index contributed by atoms with van der Waals surface area (Å²) in [7, 11) is 0. The van der Waals surface area contributed by atoms with Crippen molar-refractivity contribution < 1.29 is 59.0 Å². The molecular formula is C4H6EuO2. The zero-order valence-electron chi connectivity index (χ0n) is 4.19. The summed E-state index contributed by atoms with van der Waals surface area (Å²) in [5.41, 5.74) is 0. The van der Waals surface area contributed by atoms with Crippen LogP contribution in [0.5, 0.6) is 0 Å². The Hall–Kier alpha value is 0.924. The van der Waals surface area contributed by atoms with Crippen molar-refractivity contribution in [1.82, 2.24) is 0 Å². The Morgan fingerprint density at radius 2 is 1.00 bits per heavy atom. The van der Waals surface area contributed by atoms with Crippen LogP contribution < -0.4 is 0 Å². The Bertz CT molecular complexity index is 30.7. The van der Waals surface area contributed by atoms with Gasteiger partial charge in [0.25, 0.3) is 0 Å². The molecule has 0 rings (SSSR count). The molecule has 0 atom stereocenters. The second-order valence-corrected chi connectivity index (χ2v) is 0.408. The van der Waals surface area contributed by atoms with Gasteiger partial charge in [-0.05, 0) is 0 Å². The molecule has 0 N–H and O–H groups in total. The van der Waals surface area contributed by atoms with E-state index in [-0.39, 0.29) is 49.4 Å². The molecule has 3 heteroatoms. The molecule has 0 amide bonds. The van der Waals surface area contributed by atoms with Crippen LogP contribution in [0, 0.1) is 49.4 Å². The van der Waals surface area contributed by atoms with Crippen molar-refractivity contribution in [2.75, 3.05) is 0 Å². The molecule has 0 aliphatic carbocycles. The molecule has 7 heavy (non-hydrogen) atoms. The van der Waals surface area contributed by atoms with E-state index in [1.165, 1.54) is 26.4 Å². The molecule has 0 heterocycles. The van der Waals surface area contributed by atoms with Gasteiger partial charge >= 0.3 is 49.4 Å². The van der Waals surface area contributed by atoms with Crippen molar-refractivity contribution in [3.05, 3.63) is 0 Å². The second-order valence-electron chi connectivity index (χ2n) is 0.408. The van der Waals surface area contributed by atoms with Crippen molar-refractivity contribution in [3.8, 4) is 0 Å². The third-order valence-corrected chi connectivity index (χ3v) is 0. The maximum atomic E-state index is 8.68. The topological polar surface area (TPSA) is 34.1 Å². The molecule has 1 radical (unpaired) electrons. The van der Waals surface area contributed by atoms with E-state index in [4.69, 9.17) is 9.59 Å². The molecule has 2 nitrogen and oxygen atoms in total. The van der Waals surface area contributed by atoms with Gasteiger partial charge in [-0.25, -0.2) is 0 Å². The molecule has 0 unspecified atom stereocenters. The zero-order chi connectivity index (χ0) is 5.41. The maximum absolute atomic E-state index is 8.68. The summed E-state index contributed by atoms with van der Waals surface area (Å²) < 4.78 is 0. The van der Waals surface area contributed by atoms with E-state index in [1.54, 1.807) is 0 Å². The normalized spacial score (nSPS) is 3.71. The minimum Gasteiger partial charge on any atom is -0.542 e. The number of hydrogen-bond acceptors (Lipinski definition) is 2. The fraction of sp³-hybridized carbons (Fsp3) is 0.500. The Labute approximate surface area is 84.2 Å². The predicted octanol–water partition coefficient (Wildman–Crippen LogP) is 0.232. The monoisotopic (exact) mass is 239 g/mol. The van der Waals surface area contributed by atoms with Gasteiger partial charge in [0.1, 0.15) is 0 Å². The molecule has 0 fully saturated rings. The standard InChI is InChI=1S/2C2H3O.Eu/c2*1-2-3;/h2*1H3;/q2*-1;+2. The van der Waals surface area contributed by atoms with Crippen LogP contribution in [-0.4, -0.2) is 12.6 Å². The van der Waals surface area contributed by atoms with Crippen LogP contribution in [0.15, 0.2) is 0 Å². The fourth-order valence-electron chi connectivity index (χ4n) is 0. The average Bonchev–Trinajstić information content (AvgIpc) is 1.39. The first-order valence-electron chi connectivity index (χ1n) is 1.41. The molecule has 0 saturated heterocycles. The summed E-state index contributed by atoms with van der Waals surface area (Å²) in [6.07, 6.45) is 3.00. The van der Waals surface area contributed by atoms with Gasteiger partial charge in [0, 0.05) is 0 Å². The third-order valence-electron chi connectivity index (χ3n) is 0. The minimum absolute atomic E-state index is 0. The smallest absolute Gasteiger partial charge is 0.542 e. The quantitative estimate of drug-likeness (QED) is 0.566. The van der Waals surface area contributed by atoms with Crippen molar-refractivity contribution in [2.24, 2.45) is 0 Å². The third kappa shape index (κ3) is 196. The molecule has 0 aromatic rings. The van der Waals surface area contributed by atoms with Gasteiger partial charge in [-0.1, -0.05) is 0 Å². The van der Waals surface area contributed by atoms with Gasteiger partial charge in [-0.15, -0.1) is 0 Å². The average molecular weight is 238 g/mol. The summed E-state index contributed by atoms with van der Waals surface area (Å²) in [6.45, 7) is 2.64. The van der Waals surface area contributed by atoms with Crippen LogP contribution in [0.2, 0.25) is 0 Å². The van der Waals surface area contributed by atoms with Crippen LogP contribution >= 0.6 is 0 Å². The van der Waals surface area contributed by atoms with Crippen LogP contribution in [-0.2, 0) is 9.59 Å². The second kappa shape index (κ2) is 28.4. The van der Waals surface area contributed by atoms with Crippen molar-refractivity contribution in [1.29, 1.82) is 0 Å². The molecule has 0 aliphatic heterocycles. The summed E-state index contributed by atoms with van der Waals surface area (Å²) in [5.74, 6) is 0. The van der Waals surface area contributed by atoms with E-state index in [0.717, 1.165) is 0 Å². The summed E-state index contributed by atoms with van der Waals surface area (Å²) in [5, 5.41) is 0. The van der Waals surface area contributed by atoms with Gasteiger partial charge in [0.15, 0.2) is 0 Å². The number of rotatable bonds is 0. The van der Waals surface area contributed by atoms with E-state index in [1.807, 2.05) is 0 Å². The largest absolute Gasteiger partial charge is 2.00 e. The minimum atomic E-state index is 0. The Balaban J connectivity index is -0.0000000400. The van der Waals surface area contributed by atoms with Gasteiger partial charge < -0.3 is 9.59 Å². The fourth-order valence-corrected chi connectivity index (χ4v) is 0. The van der Waals surface area contributed by atoms with Crippen LogP contribution in [0.3, 0.4) is 0 Å². The molecule has 0 aromatic carbocycles. The molecule has 0 aliphatic rings. The zero-order valence-corrected chi connectivity index (χ0v) is 6.62. The first-order valence-corrected chi connectivity index (χ1v) is 1.41. The Morgan fingerprint density at radius 3 is 1.00 bits per heavy atom. The predicted molar refractivity (Wildman–Crippen MR) is 22.7 cm³/mol. The maximum Gasteiger partial charge on any atom is 2.00 e. The summed E-state index contributed by atoms with van der Waals surface area (Å²) in [4.78, 5) is 17.4. The van der Waals surface area contributed by atoms with Crippen LogP contribution in [0.25, 0.3) is 0 Å². The van der Waals surface area contributed by atoms with Crippen LogP contribution in [0.1, 0.15) is 13.8 Å². The Kier molecular flexibility index (Phi) is 63.6. The van der Waals surface area contributed by atoms with E-state index in [0.29, 0.717) is 0 Å². The van der Waals surface area contributed by atoms with E-state index < -0.39 is 0 Å². The van der Waals surface area contributed by atoms with Gasteiger partial charge in [0.05, 0.1) is 0 Å². The van der Waals surface area contributed by atoms with Gasteiger partial charge in [-0.3, -0.25) is 12.6 Å². The SMILES string of the molecule is C[C-]=O.C[C-]=O.[Eu+2]. The van der Waals surface area contributed by atoms with E-state index in [2.05, 4.69) is 0 Å². The summed E-state index contributed by atoms with van der Waals surface area (Å²) >= 11 is 0.